The summed E-state index contributed by atoms with van der Waals surface area (Å²) >= 11 is 5.87. The summed E-state index contributed by atoms with van der Waals surface area (Å²) in [5.74, 6) is 0.425. The smallest absolute Gasteiger partial charge is 0.255 e. The van der Waals surface area contributed by atoms with Crippen molar-refractivity contribution in [1.29, 1.82) is 0 Å². The van der Waals surface area contributed by atoms with Gasteiger partial charge in [0.05, 0.1) is 6.42 Å². The van der Waals surface area contributed by atoms with Crippen LogP contribution in [0.5, 0.6) is 5.75 Å². The fraction of sp³-hybridized carbons (Fsp3) is 0.0909. The lowest BCUT2D eigenvalue weighted by Gasteiger charge is -2.09. The van der Waals surface area contributed by atoms with Crippen molar-refractivity contribution in [3.63, 3.8) is 0 Å². The van der Waals surface area contributed by atoms with Gasteiger partial charge >= 0.3 is 0 Å². The Balaban J connectivity index is 1.36. The number of nitrogens with one attached hydrogen (secondary N) is 2. The van der Waals surface area contributed by atoms with Gasteiger partial charge in [-0.2, -0.15) is 0 Å². The first kappa shape index (κ1) is 18.1. The molecule has 0 aromatic heterocycles. The van der Waals surface area contributed by atoms with E-state index in [0.717, 1.165) is 16.8 Å². The van der Waals surface area contributed by atoms with Crippen LogP contribution in [0.25, 0.3) is 0 Å². The number of hydrogen-bond donors (Lipinski definition) is 2. The van der Waals surface area contributed by atoms with Gasteiger partial charge in [0.1, 0.15) is 12.4 Å². The molecule has 2 N–H and O–H groups in total. The second kappa shape index (κ2) is 7.74. The molecule has 0 unspecified atom stereocenters. The highest BCUT2D eigenvalue weighted by Gasteiger charge is 2.19. The molecule has 1 aliphatic heterocycles. The molecule has 0 fully saturated rings. The van der Waals surface area contributed by atoms with Crippen molar-refractivity contribution in [1.82, 2.24) is 0 Å². The van der Waals surface area contributed by atoms with Crippen LogP contribution in [0.15, 0.2) is 66.7 Å². The zero-order chi connectivity index (χ0) is 19.5. The molecule has 0 radical (unpaired) electrons. The number of ether oxygens (including phenoxy) is 1. The highest BCUT2D eigenvalue weighted by atomic mass is 35.5. The van der Waals surface area contributed by atoms with Gasteiger partial charge < -0.3 is 15.4 Å². The van der Waals surface area contributed by atoms with Crippen LogP contribution in [0.2, 0.25) is 5.02 Å². The number of halogens is 1. The maximum absolute atomic E-state index is 12.5. The predicted molar refractivity (Wildman–Crippen MR) is 109 cm³/mol. The van der Waals surface area contributed by atoms with E-state index in [4.69, 9.17) is 16.3 Å². The van der Waals surface area contributed by atoms with E-state index < -0.39 is 0 Å². The van der Waals surface area contributed by atoms with Crippen molar-refractivity contribution in [2.45, 2.75) is 13.0 Å². The van der Waals surface area contributed by atoms with E-state index in [0.29, 0.717) is 35.1 Å². The minimum absolute atomic E-state index is 0.0539. The average Bonchev–Trinajstić information content (AvgIpc) is 3.08. The fourth-order valence-electron chi connectivity index (χ4n) is 2.96. The van der Waals surface area contributed by atoms with Crippen LogP contribution in [0.4, 0.5) is 11.4 Å². The lowest BCUT2D eigenvalue weighted by molar-refractivity contribution is -0.115. The Morgan fingerprint density at radius 3 is 2.54 bits per heavy atom. The lowest BCUT2D eigenvalue weighted by atomic mass is 10.1. The van der Waals surface area contributed by atoms with Gasteiger partial charge in [-0.1, -0.05) is 23.7 Å². The third kappa shape index (κ3) is 4.15. The molecule has 3 aromatic rings. The number of fused-ring (bicyclic) bond motifs is 1. The van der Waals surface area contributed by atoms with Crippen LogP contribution in [0, 0.1) is 0 Å². The molecule has 1 heterocycles. The Morgan fingerprint density at radius 1 is 1.04 bits per heavy atom. The first-order valence-electron chi connectivity index (χ1n) is 8.78. The van der Waals surface area contributed by atoms with Gasteiger partial charge in [-0.3, -0.25) is 9.59 Å². The van der Waals surface area contributed by atoms with Crippen molar-refractivity contribution in [3.05, 3.63) is 88.4 Å². The number of carbonyl (C=O) groups excluding carboxylic acids is 2. The summed E-state index contributed by atoms with van der Waals surface area (Å²) in [5, 5.41) is 6.30. The van der Waals surface area contributed by atoms with Crippen LogP contribution in [0.1, 0.15) is 21.5 Å². The van der Waals surface area contributed by atoms with Gasteiger partial charge in [0.25, 0.3) is 5.91 Å². The zero-order valence-electron chi connectivity index (χ0n) is 14.9. The molecule has 0 saturated heterocycles. The third-order valence-electron chi connectivity index (χ3n) is 4.42. The Kier molecular flexibility index (Phi) is 5.00. The SMILES string of the molecule is O=C1Cc2cc(C(=O)Nc3ccc(OCc4ccc(Cl)cc4)cc3)ccc2N1. The molecule has 5 nitrogen and oxygen atoms in total. The monoisotopic (exact) mass is 392 g/mol. The summed E-state index contributed by atoms with van der Waals surface area (Å²) in [6.07, 6.45) is 0.302. The van der Waals surface area contributed by atoms with Gasteiger partial charge in [0.15, 0.2) is 0 Å². The average molecular weight is 393 g/mol. The number of rotatable bonds is 5. The van der Waals surface area contributed by atoms with Crippen LogP contribution in [-0.4, -0.2) is 11.8 Å². The molecule has 0 spiro atoms. The Morgan fingerprint density at radius 2 is 1.79 bits per heavy atom. The molecule has 0 saturated carbocycles. The maximum atomic E-state index is 12.5. The van der Waals surface area contributed by atoms with Gasteiger partial charge in [-0.15, -0.1) is 0 Å². The summed E-state index contributed by atoms with van der Waals surface area (Å²) in [5.41, 5.74) is 3.80. The van der Waals surface area contributed by atoms with E-state index >= 15 is 0 Å². The van der Waals surface area contributed by atoms with Crippen LogP contribution in [-0.2, 0) is 17.8 Å². The van der Waals surface area contributed by atoms with Crippen molar-refractivity contribution in [3.8, 4) is 5.75 Å². The van der Waals surface area contributed by atoms with E-state index in [1.165, 1.54) is 0 Å². The zero-order valence-corrected chi connectivity index (χ0v) is 15.6. The summed E-state index contributed by atoms with van der Waals surface area (Å²) in [6.45, 7) is 0.435. The highest BCUT2D eigenvalue weighted by molar-refractivity contribution is 6.30. The topological polar surface area (TPSA) is 67.4 Å². The van der Waals surface area contributed by atoms with E-state index in [1.807, 2.05) is 24.3 Å². The standard InChI is InChI=1S/C22H17ClN2O3/c23-17-4-1-14(2-5-17)13-28-19-8-6-18(7-9-19)24-22(27)15-3-10-20-16(11-15)12-21(26)25-20/h1-11H,12-13H2,(H,24,27)(H,25,26). The molecule has 28 heavy (non-hydrogen) atoms. The molecule has 0 bridgehead atoms. The second-order valence-corrected chi connectivity index (χ2v) is 6.93. The van der Waals surface area contributed by atoms with Crippen molar-refractivity contribution < 1.29 is 14.3 Å². The summed E-state index contributed by atoms with van der Waals surface area (Å²) < 4.78 is 5.74. The number of anilines is 2. The first-order valence-corrected chi connectivity index (χ1v) is 9.16. The molecule has 6 heteroatoms. The highest BCUT2D eigenvalue weighted by Crippen LogP contribution is 2.24. The van der Waals surface area contributed by atoms with Gasteiger partial charge in [-0.05, 0) is 65.7 Å². The molecule has 4 rings (SSSR count). The first-order chi connectivity index (χ1) is 13.6. The predicted octanol–water partition coefficient (Wildman–Crippen LogP) is 4.67. The lowest BCUT2D eigenvalue weighted by Crippen LogP contribution is -2.12. The summed E-state index contributed by atoms with van der Waals surface area (Å²) in [7, 11) is 0. The van der Waals surface area contributed by atoms with E-state index in [1.54, 1.807) is 42.5 Å². The fourth-order valence-corrected chi connectivity index (χ4v) is 3.08. The molecule has 0 aliphatic carbocycles. The molecule has 140 valence electrons. The summed E-state index contributed by atoms with van der Waals surface area (Å²) in [4.78, 5) is 23.9. The number of carbonyl (C=O) groups is 2. The molecule has 2 amide bonds. The maximum Gasteiger partial charge on any atom is 0.255 e. The minimum Gasteiger partial charge on any atom is -0.489 e. The quantitative estimate of drug-likeness (QED) is 0.663. The molecule has 3 aromatic carbocycles. The van der Waals surface area contributed by atoms with Crippen molar-refractivity contribution >= 4 is 34.8 Å². The van der Waals surface area contributed by atoms with E-state index in [-0.39, 0.29) is 11.8 Å². The van der Waals surface area contributed by atoms with Crippen molar-refractivity contribution in [2.24, 2.45) is 0 Å². The van der Waals surface area contributed by atoms with Crippen LogP contribution in [0.3, 0.4) is 0 Å². The number of benzene rings is 3. The van der Waals surface area contributed by atoms with E-state index in [9.17, 15) is 9.59 Å². The normalized spacial score (nSPS) is 12.2. The van der Waals surface area contributed by atoms with E-state index in [2.05, 4.69) is 10.6 Å². The second-order valence-electron chi connectivity index (χ2n) is 6.49. The number of amides is 2. The molecular formula is C22H17ClN2O3. The largest absolute Gasteiger partial charge is 0.489 e. The summed E-state index contributed by atoms with van der Waals surface area (Å²) in [6, 6.07) is 19.8. The molecule has 0 atom stereocenters. The van der Waals surface area contributed by atoms with Gasteiger partial charge in [0, 0.05) is 22.0 Å². The Hall–Kier alpha value is -3.31. The van der Waals surface area contributed by atoms with Gasteiger partial charge in [0.2, 0.25) is 5.91 Å². The Labute approximate surface area is 167 Å². The van der Waals surface area contributed by atoms with Crippen LogP contribution >= 0.6 is 11.6 Å². The minimum atomic E-state index is -0.225. The molecule has 1 aliphatic rings. The molecular weight excluding hydrogens is 376 g/mol. The Bertz CT molecular complexity index is 1030. The third-order valence-corrected chi connectivity index (χ3v) is 4.68. The van der Waals surface area contributed by atoms with Crippen molar-refractivity contribution in [2.75, 3.05) is 10.6 Å². The number of hydrogen-bond acceptors (Lipinski definition) is 3. The van der Waals surface area contributed by atoms with Crippen LogP contribution < -0.4 is 15.4 Å². The van der Waals surface area contributed by atoms with Gasteiger partial charge in [-0.25, -0.2) is 0 Å².